The van der Waals surface area contributed by atoms with E-state index in [9.17, 15) is 0 Å². The van der Waals surface area contributed by atoms with Crippen molar-refractivity contribution in [2.75, 3.05) is 6.61 Å². The summed E-state index contributed by atoms with van der Waals surface area (Å²) in [6, 6.07) is 0. The Balaban J connectivity index is 2.05. The van der Waals surface area contributed by atoms with Gasteiger partial charge in [0.15, 0.2) is 0 Å². The molecule has 0 fully saturated rings. The number of hydrogen-bond donors (Lipinski definition) is 1. The summed E-state index contributed by atoms with van der Waals surface area (Å²) < 4.78 is 0. The summed E-state index contributed by atoms with van der Waals surface area (Å²) in [6.07, 6.45) is 8.96. The van der Waals surface area contributed by atoms with E-state index < -0.39 is 0 Å². The number of aliphatic hydroxyl groups excluding tert-OH is 1. The normalized spacial score (nSPS) is 35.1. The third kappa shape index (κ3) is 0.816. The molecule has 0 saturated heterocycles. The van der Waals surface area contributed by atoms with Gasteiger partial charge in [0.2, 0.25) is 0 Å². The van der Waals surface area contributed by atoms with Crippen LogP contribution < -0.4 is 0 Å². The molecular formula is C9H12O. The topological polar surface area (TPSA) is 20.2 Å². The zero-order valence-electron chi connectivity index (χ0n) is 5.96. The number of allylic oxidation sites excluding steroid dienone is 4. The smallest absolute Gasteiger partial charge is 0.0436 e. The van der Waals surface area contributed by atoms with Crippen molar-refractivity contribution in [3.63, 3.8) is 0 Å². The van der Waals surface area contributed by atoms with Crippen LogP contribution in [-0.4, -0.2) is 11.7 Å². The second kappa shape index (κ2) is 2.24. The van der Waals surface area contributed by atoms with E-state index in [1.807, 2.05) is 0 Å². The van der Waals surface area contributed by atoms with E-state index in [2.05, 4.69) is 18.2 Å². The van der Waals surface area contributed by atoms with Crippen molar-refractivity contribution in [2.45, 2.75) is 12.8 Å². The molecule has 10 heavy (non-hydrogen) atoms. The zero-order valence-corrected chi connectivity index (χ0v) is 5.96. The predicted molar refractivity (Wildman–Crippen MR) is 40.5 cm³/mol. The average Bonchev–Trinajstić information content (AvgIpc) is 2.48. The van der Waals surface area contributed by atoms with Crippen molar-refractivity contribution in [1.82, 2.24) is 0 Å². The Kier molecular flexibility index (Phi) is 1.38. The molecule has 0 aliphatic heterocycles. The fourth-order valence-corrected chi connectivity index (χ4v) is 1.92. The zero-order chi connectivity index (χ0) is 6.97. The molecule has 2 aliphatic rings. The first-order valence-electron chi connectivity index (χ1n) is 3.90. The van der Waals surface area contributed by atoms with E-state index in [4.69, 9.17) is 5.11 Å². The van der Waals surface area contributed by atoms with E-state index in [1.54, 1.807) is 0 Å². The highest BCUT2D eigenvalue weighted by molar-refractivity contribution is 5.34. The molecule has 54 valence electrons. The maximum Gasteiger partial charge on any atom is 0.0436 e. The van der Waals surface area contributed by atoms with Crippen molar-refractivity contribution < 1.29 is 5.11 Å². The van der Waals surface area contributed by atoms with Gasteiger partial charge in [0.1, 0.15) is 0 Å². The molecule has 0 aromatic rings. The minimum atomic E-state index is 0.332. The molecule has 0 aromatic heterocycles. The highest BCUT2D eigenvalue weighted by Gasteiger charge is 2.27. The highest BCUT2D eigenvalue weighted by Crippen LogP contribution is 2.39. The fourth-order valence-electron chi connectivity index (χ4n) is 1.92. The van der Waals surface area contributed by atoms with Crippen LogP contribution in [0.15, 0.2) is 23.8 Å². The summed E-state index contributed by atoms with van der Waals surface area (Å²) in [4.78, 5) is 0. The van der Waals surface area contributed by atoms with E-state index >= 15 is 0 Å². The largest absolute Gasteiger partial charge is 0.396 e. The molecule has 1 heteroatoms. The van der Waals surface area contributed by atoms with Crippen LogP contribution in [0.1, 0.15) is 12.8 Å². The van der Waals surface area contributed by atoms with Gasteiger partial charge >= 0.3 is 0 Å². The van der Waals surface area contributed by atoms with Crippen LogP contribution >= 0.6 is 0 Å². The monoisotopic (exact) mass is 136 g/mol. The summed E-state index contributed by atoms with van der Waals surface area (Å²) in [7, 11) is 0. The summed E-state index contributed by atoms with van der Waals surface area (Å²) in [5, 5.41) is 8.70. The Bertz CT molecular complexity index is 191. The van der Waals surface area contributed by atoms with Gasteiger partial charge < -0.3 is 5.11 Å². The third-order valence-electron chi connectivity index (χ3n) is 2.47. The van der Waals surface area contributed by atoms with Crippen LogP contribution in [0.5, 0.6) is 0 Å². The van der Waals surface area contributed by atoms with Gasteiger partial charge in [0.05, 0.1) is 0 Å². The minimum absolute atomic E-state index is 0.332. The molecule has 1 nitrogen and oxygen atoms in total. The Morgan fingerprint density at radius 1 is 1.60 bits per heavy atom. The summed E-state index contributed by atoms with van der Waals surface area (Å²) >= 11 is 0. The summed E-state index contributed by atoms with van der Waals surface area (Å²) in [6.45, 7) is 0.332. The number of aliphatic hydroxyl groups is 1. The second-order valence-corrected chi connectivity index (χ2v) is 3.14. The van der Waals surface area contributed by atoms with E-state index in [0.29, 0.717) is 12.5 Å². The van der Waals surface area contributed by atoms with Crippen molar-refractivity contribution >= 4 is 0 Å². The predicted octanol–water partition coefficient (Wildman–Crippen LogP) is 1.50. The van der Waals surface area contributed by atoms with Crippen LogP contribution in [0.25, 0.3) is 0 Å². The molecule has 2 atom stereocenters. The van der Waals surface area contributed by atoms with Crippen molar-refractivity contribution in [1.29, 1.82) is 0 Å². The Morgan fingerprint density at radius 2 is 2.50 bits per heavy atom. The van der Waals surface area contributed by atoms with Gasteiger partial charge in [-0.3, -0.25) is 0 Å². The molecule has 0 radical (unpaired) electrons. The van der Waals surface area contributed by atoms with Crippen LogP contribution in [0, 0.1) is 11.8 Å². The lowest BCUT2D eigenvalue weighted by molar-refractivity contribution is 0.259. The summed E-state index contributed by atoms with van der Waals surface area (Å²) in [5.41, 5.74) is 1.48. The molecule has 2 rings (SSSR count). The Labute approximate surface area is 61.1 Å². The number of hydrogen-bond acceptors (Lipinski definition) is 1. The average molecular weight is 136 g/mol. The molecular weight excluding hydrogens is 124 g/mol. The molecule has 2 unspecified atom stereocenters. The SMILES string of the molecule is OCCC1C=C2C=CC1C2. The van der Waals surface area contributed by atoms with Gasteiger partial charge in [-0.05, 0) is 24.7 Å². The lowest BCUT2D eigenvalue weighted by Crippen LogP contribution is -2.06. The van der Waals surface area contributed by atoms with Gasteiger partial charge in [0, 0.05) is 6.61 Å². The van der Waals surface area contributed by atoms with E-state index in [-0.39, 0.29) is 0 Å². The van der Waals surface area contributed by atoms with Crippen molar-refractivity contribution in [2.24, 2.45) is 11.8 Å². The molecule has 2 bridgehead atoms. The van der Waals surface area contributed by atoms with E-state index in [0.717, 1.165) is 12.3 Å². The van der Waals surface area contributed by atoms with Gasteiger partial charge in [-0.2, -0.15) is 0 Å². The molecule has 0 saturated carbocycles. The molecule has 2 aliphatic carbocycles. The first-order valence-corrected chi connectivity index (χ1v) is 3.90. The molecule has 1 N–H and O–H groups in total. The van der Waals surface area contributed by atoms with Crippen molar-refractivity contribution in [3.05, 3.63) is 23.8 Å². The molecule has 0 aromatic carbocycles. The van der Waals surface area contributed by atoms with Gasteiger partial charge in [-0.25, -0.2) is 0 Å². The quantitative estimate of drug-likeness (QED) is 0.610. The maximum absolute atomic E-state index is 8.70. The minimum Gasteiger partial charge on any atom is -0.396 e. The van der Waals surface area contributed by atoms with Crippen LogP contribution in [0.3, 0.4) is 0 Å². The maximum atomic E-state index is 8.70. The lowest BCUT2D eigenvalue weighted by atomic mass is 9.93. The fraction of sp³-hybridized carbons (Fsp3) is 0.556. The molecule has 0 spiro atoms. The van der Waals surface area contributed by atoms with Crippen LogP contribution in [-0.2, 0) is 0 Å². The third-order valence-corrected chi connectivity index (χ3v) is 2.47. The summed E-state index contributed by atoms with van der Waals surface area (Å²) in [5.74, 6) is 1.37. The van der Waals surface area contributed by atoms with Gasteiger partial charge in [-0.1, -0.05) is 23.8 Å². The number of fused-ring (bicyclic) bond motifs is 2. The second-order valence-electron chi connectivity index (χ2n) is 3.14. The first-order chi connectivity index (χ1) is 4.90. The Morgan fingerprint density at radius 3 is 3.00 bits per heavy atom. The first kappa shape index (κ1) is 6.17. The van der Waals surface area contributed by atoms with Crippen LogP contribution in [0.4, 0.5) is 0 Å². The van der Waals surface area contributed by atoms with Crippen LogP contribution in [0.2, 0.25) is 0 Å². The van der Waals surface area contributed by atoms with Gasteiger partial charge in [0.25, 0.3) is 0 Å². The number of rotatable bonds is 2. The Hall–Kier alpha value is -0.560. The van der Waals surface area contributed by atoms with Gasteiger partial charge in [-0.15, -0.1) is 0 Å². The molecule has 0 amide bonds. The van der Waals surface area contributed by atoms with E-state index in [1.165, 1.54) is 12.0 Å². The lowest BCUT2D eigenvalue weighted by Gasteiger charge is -2.12. The highest BCUT2D eigenvalue weighted by atomic mass is 16.3. The standard InChI is InChI=1S/C9H12O/c10-4-3-9-6-7-1-2-8(9)5-7/h1-2,6,8-10H,3-5H2. The molecule has 0 heterocycles. The van der Waals surface area contributed by atoms with Crippen molar-refractivity contribution in [3.8, 4) is 0 Å².